The van der Waals surface area contributed by atoms with E-state index >= 15 is 0 Å². The van der Waals surface area contributed by atoms with Gasteiger partial charge in [-0.3, -0.25) is 9.97 Å². The molecule has 0 saturated carbocycles. The van der Waals surface area contributed by atoms with E-state index in [2.05, 4.69) is 87.4 Å². The van der Waals surface area contributed by atoms with Crippen LogP contribution >= 0.6 is 15.9 Å². The molecule has 0 bridgehead atoms. The summed E-state index contributed by atoms with van der Waals surface area (Å²) in [7, 11) is 0. The second-order valence-electron chi connectivity index (χ2n) is 7.34. The SMILES string of the molecule is Brc1cccc(-c2ccccn2)c1.Cc1ccccc1-c1cccc(-c2ccccn2)c1. The third-order valence-corrected chi connectivity index (χ3v) is 5.56. The number of aromatic nitrogens is 2. The maximum Gasteiger partial charge on any atom is 0.0702 e. The summed E-state index contributed by atoms with van der Waals surface area (Å²) >= 11 is 3.43. The Balaban J connectivity index is 0.000000165. The molecule has 2 nitrogen and oxygen atoms in total. The monoisotopic (exact) mass is 478 g/mol. The molecule has 0 aliphatic carbocycles. The van der Waals surface area contributed by atoms with Crippen LogP contribution in [0.2, 0.25) is 0 Å². The predicted octanol–water partition coefficient (Wildman–Crippen LogP) is 8.24. The first-order valence-corrected chi connectivity index (χ1v) is 11.2. The molecule has 2 heterocycles. The maximum absolute atomic E-state index is 4.41. The molecule has 0 amide bonds. The van der Waals surface area contributed by atoms with Gasteiger partial charge in [0.15, 0.2) is 0 Å². The quantitative estimate of drug-likeness (QED) is 0.260. The Bertz CT molecular complexity index is 1280. The first-order valence-electron chi connectivity index (χ1n) is 10.5. The summed E-state index contributed by atoms with van der Waals surface area (Å²) < 4.78 is 1.08. The van der Waals surface area contributed by atoms with Crippen molar-refractivity contribution in [3.8, 4) is 33.6 Å². The molecule has 5 aromatic rings. The summed E-state index contributed by atoms with van der Waals surface area (Å²) in [5.41, 5.74) is 8.11. The number of halogens is 1. The molecule has 0 unspecified atom stereocenters. The Morgan fingerprint density at radius 2 is 1.09 bits per heavy atom. The van der Waals surface area contributed by atoms with E-state index in [0.29, 0.717) is 0 Å². The molecule has 5 rings (SSSR count). The maximum atomic E-state index is 4.41. The van der Waals surface area contributed by atoms with Crippen molar-refractivity contribution in [2.24, 2.45) is 0 Å². The molecule has 0 radical (unpaired) electrons. The lowest BCUT2D eigenvalue weighted by atomic mass is 9.98. The smallest absolute Gasteiger partial charge is 0.0702 e. The molecule has 3 heteroatoms. The van der Waals surface area contributed by atoms with Crippen molar-refractivity contribution >= 4 is 15.9 Å². The van der Waals surface area contributed by atoms with E-state index in [9.17, 15) is 0 Å². The van der Waals surface area contributed by atoms with Crippen LogP contribution in [-0.2, 0) is 0 Å². The van der Waals surface area contributed by atoms with Gasteiger partial charge in [0, 0.05) is 28.0 Å². The van der Waals surface area contributed by atoms with Crippen LogP contribution in [0.1, 0.15) is 5.56 Å². The largest absolute Gasteiger partial charge is 0.256 e. The number of hydrogen-bond donors (Lipinski definition) is 0. The molecule has 0 aliphatic heterocycles. The third kappa shape index (κ3) is 5.57. The fraction of sp³-hybridized carbons (Fsp3) is 0.0345. The first kappa shape index (κ1) is 21.7. The Morgan fingerprint density at radius 3 is 1.69 bits per heavy atom. The molecule has 2 aromatic heterocycles. The Kier molecular flexibility index (Phi) is 7.21. The highest BCUT2D eigenvalue weighted by molar-refractivity contribution is 9.10. The number of pyridine rings is 2. The van der Waals surface area contributed by atoms with Gasteiger partial charge in [-0.2, -0.15) is 0 Å². The van der Waals surface area contributed by atoms with Crippen molar-refractivity contribution in [1.82, 2.24) is 9.97 Å². The fourth-order valence-electron chi connectivity index (χ4n) is 3.46. The zero-order valence-electron chi connectivity index (χ0n) is 17.8. The van der Waals surface area contributed by atoms with E-state index in [1.165, 1.54) is 16.7 Å². The molecular formula is C29H23BrN2. The van der Waals surface area contributed by atoms with Gasteiger partial charge < -0.3 is 0 Å². The van der Waals surface area contributed by atoms with Crippen molar-refractivity contribution < 1.29 is 0 Å². The Labute approximate surface area is 197 Å². The molecule has 0 saturated heterocycles. The van der Waals surface area contributed by atoms with Gasteiger partial charge in [0.2, 0.25) is 0 Å². The Hall–Kier alpha value is -3.56. The van der Waals surface area contributed by atoms with Crippen molar-refractivity contribution in [2.45, 2.75) is 6.92 Å². The normalized spacial score (nSPS) is 10.2. The van der Waals surface area contributed by atoms with E-state index in [1.807, 2.05) is 60.8 Å². The van der Waals surface area contributed by atoms with E-state index in [1.54, 1.807) is 6.20 Å². The second kappa shape index (κ2) is 10.7. The van der Waals surface area contributed by atoms with Gasteiger partial charge in [0.25, 0.3) is 0 Å². The van der Waals surface area contributed by atoms with Crippen LogP contribution in [0.25, 0.3) is 33.6 Å². The van der Waals surface area contributed by atoms with Gasteiger partial charge in [-0.1, -0.05) is 82.7 Å². The van der Waals surface area contributed by atoms with Crippen molar-refractivity contribution in [2.75, 3.05) is 0 Å². The van der Waals surface area contributed by atoms with E-state index in [4.69, 9.17) is 0 Å². The Morgan fingerprint density at radius 1 is 0.531 bits per heavy atom. The van der Waals surface area contributed by atoms with Crippen LogP contribution < -0.4 is 0 Å². The van der Waals surface area contributed by atoms with E-state index < -0.39 is 0 Å². The summed E-state index contributed by atoms with van der Waals surface area (Å²) in [6.45, 7) is 2.14. The third-order valence-electron chi connectivity index (χ3n) is 5.06. The summed E-state index contributed by atoms with van der Waals surface area (Å²) in [6, 6.07) is 37.0. The molecule has 0 fully saturated rings. The summed E-state index contributed by atoms with van der Waals surface area (Å²) in [6.07, 6.45) is 3.63. The van der Waals surface area contributed by atoms with Gasteiger partial charge in [-0.25, -0.2) is 0 Å². The van der Waals surface area contributed by atoms with Crippen LogP contribution in [0.3, 0.4) is 0 Å². The number of rotatable bonds is 3. The second-order valence-corrected chi connectivity index (χ2v) is 8.25. The zero-order valence-corrected chi connectivity index (χ0v) is 19.4. The lowest BCUT2D eigenvalue weighted by Gasteiger charge is -2.08. The van der Waals surface area contributed by atoms with Crippen LogP contribution in [0.15, 0.2) is 126 Å². The van der Waals surface area contributed by atoms with Crippen molar-refractivity contribution in [3.05, 3.63) is 132 Å². The highest BCUT2D eigenvalue weighted by Crippen LogP contribution is 2.27. The lowest BCUT2D eigenvalue weighted by molar-refractivity contribution is 1.32. The minimum Gasteiger partial charge on any atom is -0.256 e. The van der Waals surface area contributed by atoms with E-state index in [0.717, 1.165) is 27.0 Å². The van der Waals surface area contributed by atoms with Crippen LogP contribution in [0.4, 0.5) is 0 Å². The highest BCUT2D eigenvalue weighted by atomic mass is 79.9. The predicted molar refractivity (Wildman–Crippen MR) is 137 cm³/mol. The van der Waals surface area contributed by atoms with Gasteiger partial charge in [0.1, 0.15) is 0 Å². The summed E-state index contributed by atoms with van der Waals surface area (Å²) in [5.74, 6) is 0. The fourth-order valence-corrected chi connectivity index (χ4v) is 3.86. The van der Waals surface area contributed by atoms with Crippen LogP contribution in [0.5, 0.6) is 0 Å². The van der Waals surface area contributed by atoms with Gasteiger partial charge in [-0.15, -0.1) is 0 Å². The average molecular weight is 479 g/mol. The number of hydrogen-bond acceptors (Lipinski definition) is 2. The molecular weight excluding hydrogens is 456 g/mol. The molecule has 0 atom stereocenters. The number of nitrogens with zero attached hydrogens (tertiary/aromatic N) is 2. The van der Waals surface area contributed by atoms with E-state index in [-0.39, 0.29) is 0 Å². The number of aryl methyl sites for hydroxylation is 1. The summed E-state index contributed by atoms with van der Waals surface area (Å²) in [5, 5.41) is 0. The molecule has 3 aromatic carbocycles. The average Bonchev–Trinajstić information content (AvgIpc) is 2.86. The van der Waals surface area contributed by atoms with Crippen molar-refractivity contribution in [1.29, 1.82) is 0 Å². The first-order chi connectivity index (χ1) is 15.7. The van der Waals surface area contributed by atoms with Gasteiger partial charge >= 0.3 is 0 Å². The minimum atomic E-state index is 1.00. The number of benzene rings is 3. The molecule has 156 valence electrons. The molecule has 32 heavy (non-hydrogen) atoms. The standard InChI is InChI=1S/C18H15N.C11H8BrN/c1-14-7-2-3-10-17(14)15-8-6-9-16(13-15)18-11-4-5-12-19-18;12-10-5-3-4-9(8-10)11-6-1-2-7-13-11/h2-13H,1H3;1-8H. The minimum absolute atomic E-state index is 1.00. The molecule has 0 aliphatic rings. The van der Waals surface area contributed by atoms with Crippen molar-refractivity contribution in [3.63, 3.8) is 0 Å². The summed E-state index contributed by atoms with van der Waals surface area (Å²) in [4.78, 5) is 8.68. The molecule has 0 spiro atoms. The lowest BCUT2D eigenvalue weighted by Crippen LogP contribution is -1.85. The topological polar surface area (TPSA) is 25.8 Å². The van der Waals surface area contributed by atoms with Gasteiger partial charge in [0.05, 0.1) is 11.4 Å². The molecule has 0 N–H and O–H groups in total. The highest BCUT2D eigenvalue weighted by Gasteiger charge is 2.04. The van der Waals surface area contributed by atoms with Crippen LogP contribution in [-0.4, -0.2) is 9.97 Å². The zero-order chi connectivity index (χ0) is 22.2. The van der Waals surface area contributed by atoms with Gasteiger partial charge in [-0.05, 0) is 66.1 Å². The van der Waals surface area contributed by atoms with Crippen LogP contribution in [0, 0.1) is 6.92 Å².